The number of nitrogens with one attached hydrogen (secondary N) is 1. The van der Waals surface area contributed by atoms with E-state index >= 15 is 0 Å². The lowest BCUT2D eigenvalue weighted by Gasteiger charge is -2.40. The number of hydrogen-bond donors (Lipinski definition) is 2. The molecule has 3 aliphatic rings. The second-order valence-corrected chi connectivity index (χ2v) is 10.2. The molecule has 0 aliphatic carbocycles. The van der Waals surface area contributed by atoms with E-state index in [0.717, 1.165) is 0 Å². The summed E-state index contributed by atoms with van der Waals surface area (Å²) in [5, 5.41) is 9.13. The first-order valence-electron chi connectivity index (χ1n) is 10.6. The van der Waals surface area contributed by atoms with Gasteiger partial charge in [-0.3, -0.25) is 14.8 Å². The van der Waals surface area contributed by atoms with Crippen molar-refractivity contribution >= 4 is 21.8 Å². The van der Waals surface area contributed by atoms with Crippen molar-refractivity contribution < 1.29 is 32.7 Å². The van der Waals surface area contributed by atoms with Crippen molar-refractivity contribution in [2.24, 2.45) is 5.92 Å². The fraction of sp³-hybridized carbons (Fsp3) is 0.700. The van der Waals surface area contributed by atoms with Crippen molar-refractivity contribution in [3.05, 3.63) is 24.3 Å². The summed E-state index contributed by atoms with van der Waals surface area (Å²) >= 11 is 0. The average molecular weight is 458 g/mol. The van der Waals surface area contributed by atoms with Gasteiger partial charge in [-0.1, -0.05) is 18.2 Å². The summed E-state index contributed by atoms with van der Waals surface area (Å²) in [5.74, 6) is -0.752. The summed E-state index contributed by atoms with van der Waals surface area (Å²) in [6.45, 7) is 3.23. The highest BCUT2D eigenvalue weighted by Gasteiger charge is 2.54. The van der Waals surface area contributed by atoms with Gasteiger partial charge < -0.3 is 14.4 Å². The number of ether oxygens (including phenoxy) is 2. The van der Waals surface area contributed by atoms with Gasteiger partial charge in [-0.05, 0) is 18.8 Å². The van der Waals surface area contributed by atoms with Crippen LogP contribution in [0.15, 0.2) is 24.3 Å². The van der Waals surface area contributed by atoms with Crippen LogP contribution >= 0.6 is 0 Å². The number of morpholine rings is 1. The highest BCUT2D eigenvalue weighted by atomic mass is 32.2. The van der Waals surface area contributed by atoms with E-state index in [1.54, 1.807) is 11.0 Å². The zero-order chi connectivity index (χ0) is 22.3. The predicted octanol–water partition coefficient (Wildman–Crippen LogP) is 0.0540. The first-order chi connectivity index (χ1) is 14.9. The van der Waals surface area contributed by atoms with Crippen LogP contribution in [0.25, 0.3) is 0 Å². The fourth-order valence-electron chi connectivity index (χ4n) is 4.21. The van der Waals surface area contributed by atoms with Gasteiger partial charge in [-0.15, -0.1) is 0 Å². The minimum atomic E-state index is -3.95. The van der Waals surface area contributed by atoms with Gasteiger partial charge in [0.1, 0.15) is 0 Å². The first-order valence-corrected chi connectivity index (χ1v) is 12.1. The Morgan fingerprint density at radius 1 is 0.968 bits per heavy atom. The molecular formula is C20H31N3O7S. The number of rotatable bonds is 6. The highest BCUT2D eigenvalue weighted by Crippen LogP contribution is 2.35. The normalized spacial score (nSPS) is 24.0. The Morgan fingerprint density at radius 2 is 1.58 bits per heavy atom. The molecule has 3 aliphatic heterocycles. The molecule has 0 unspecified atom stereocenters. The number of piperidine rings is 1. The van der Waals surface area contributed by atoms with Crippen LogP contribution in [0.2, 0.25) is 0 Å². The molecule has 0 aromatic heterocycles. The van der Waals surface area contributed by atoms with Gasteiger partial charge >= 0.3 is 0 Å². The van der Waals surface area contributed by atoms with Crippen molar-refractivity contribution in [2.75, 3.05) is 52.6 Å². The van der Waals surface area contributed by atoms with Crippen LogP contribution in [0.3, 0.4) is 0 Å². The lowest BCUT2D eigenvalue weighted by molar-refractivity contribution is -0.134. The third-order valence-electron chi connectivity index (χ3n) is 6.20. The summed E-state index contributed by atoms with van der Waals surface area (Å²) in [4.78, 5) is 26.1. The number of nitrogens with zero attached hydrogens (tertiary/aromatic N) is 2. The zero-order valence-electron chi connectivity index (χ0n) is 17.6. The quantitative estimate of drug-likeness (QED) is 0.250. The number of hydrogen-bond acceptors (Lipinski definition) is 7. The second kappa shape index (κ2) is 10.7. The third-order valence-corrected chi connectivity index (χ3v) is 8.83. The Morgan fingerprint density at radius 3 is 2.19 bits per heavy atom. The number of allylic oxidation sites excluding steroid dienone is 3. The van der Waals surface area contributed by atoms with Crippen molar-refractivity contribution in [1.82, 2.24) is 14.7 Å². The Hall–Kier alpha value is -1.79. The number of carbonyl (C=O) groups is 2. The van der Waals surface area contributed by atoms with Gasteiger partial charge in [0.15, 0.2) is 4.75 Å². The number of carbonyl (C=O) groups excluding carboxylic acids is 2. The van der Waals surface area contributed by atoms with Gasteiger partial charge in [0.05, 0.1) is 13.2 Å². The molecule has 0 aromatic carbocycles. The molecule has 3 fully saturated rings. The average Bonchev–Trinajstić information content (AvgIpc) is 2.82. The van der Waals surface area contributed by atoms with E-state index in [0.29, 0.717) is 52.2 Å². The number of amides is 2. The molecule has 0 atom stereocenters. The third kappa shape index (κ3) is 5.35. The maximum Gasteiger partial charge on any atom is 0.266 e. The van der Waals surface area contributed by atoms with Crippen molar-refractivity contribution in [2.45, 2.75) is 30.4 Å². The lowest BCUT2D eigenvalue weighted by atomic mass is 9.97. The summed E-state index contributed by atoms with van der Waals surface area (Å²) in [5.41, 5.74) is 1.54. The molecule has 2 amide bonds. The highest BCUT2D eigenvalue weighted by molar-refractivity contribution is 7.91. The molecule has 174 valence electrons. The molecule has 3 heterocycles. The van der Waals surface area contributed by atoms with Crippen LogP contribution in [0.1, 0.15) is 25.7 Å². The van der Waals surface area contributed by atoms with E-state index in [4.69, 9.17) is 14.7 Å². The summed E-state index contributed by atoms with van der Waals surface area (Å²) in [6, 6.07) is 0. The van der Waals surface area contributed by atoms with Crippen LogP contribution in [-0.4, -0.2) is 92.0 Å². The summed E-state index contributed by atoms with van der Waals surface area (Å²) in [6.07, 6.45) is 8.33. The van der Waals surface area contributed by atoms with Crippen LogP contribution < -0.4 is 5.48 Å². The Balaban J connectivity index is 1.54. The molecule has 0 aromatic rings. The SMILES string of the molecule is O=C(C=CC=CC1CCN(S(=O)(=O)C2(C(=O)NO)CCOCC2)CC1)N1CCOCC1. The van der Waals surface area contributed by atoms with E-state index in [-0.39, 0.29) is 37.9 Å². The largest absolute Gasteiger partial charge is 0.381 e. The maximum atomic E-state index is 13.3. The molecule has 0 bridgehead atoms. The van der Waals surface area contributed by atoms with Crippen LogP contribution in [-0.2, 0) is 29.1 Å². The van der Waals surface area contributed by atoms with Gasteiger partial charge in [0.25, 0.3) is 5.91 Å². The van der Waals surface area contributed by atoms with Gasteiger partial charge in [0, 0.05) is 58.3 Å². The Labute approximate surface area is 182 Å². The van der Waals surface area contributed by atoms with Crippen molar-refractivity contribution in [3.63, 3.8) is 0 Å². The van der Waals surface area contributed by atoms with Crippen LogP contribution in [0.4, 0.5) is 0 Å². The molecule has 3 rings (SSSR count). The Kier molecular flexibility index (Phi) is 8.23. The molecular weight excluding hydrogens is 426 g/mol. The zero-order valence-corrected chi connectivity index (χ0v) is 18.4. The molecule has 2 N–H and O–H groups in total. The first kappa shape index (κ1) is 23.9. The van der Waals surface area contributed by atoms with Gasteiger partial charge in [-0.25, -0.2) is 18.2 Å². The standard InChI is InChI=1S/C20H31N3O7S/c24-18(22-11-15-30-16-12-22)4-2-1-3-17-5-9-23(10-6-17)31(27,28)20(19(25)21-26)7-13-29-14-8-20/h1-4,17,26H,5-16H2,(H,21,25). The minimum absolute atomic E-state index is 0.0174. The summed E-state index contributed by atoms with van der Waals surface area (Å²) < 4.78 is 36.7. The second-order valence-electron chi connectivity index (χ2n) is 7.97. The molecule has 0 radical (unpaired) electrons. The molecule has 31 heavy (non-hydrogen) atoms. The number of sulfonamides is 1. The molecule has 0 saturated carbocycles. The fourth-order valence-corrected chi connectivity index (χ4v) is 6.36. The maximum absolute atomic E-state index is 13.3. The van der Waals surface area contributed by atoms with E-state index in [9.17, 15) is 18.0 Å². The van der Waals surface area contributed by atoms with Gasteiger partial charge in [0.2, 0.25) is 15.9 Å². The minimum Gasteiger partial charge on any atom is -0.381 e. The van der Waals surface area contributed by atoms with Gasteiger partial charge in [-0.2, -0.15) is 0 Å². The molecule has 3 saturated heterocycles. The molecule has 0 spiro atoms. The van der Waals surface area contributed by atoms with Crippen molar-refractivity contribution in [3.8, 4) is 0 Å². The topological polar surface area (TPSA) is 125 Å². The van der Waals surface area contributed by atoms with E-state index in [2.05, 4.69) is 0 Å². The van der Waals surface area contributed by atoms with Crippen LogP contribution in [0.5, 0.6) is 0 Å². The van der Waals surface area contributed by atoms with E-state index in [1.807, 2.05) is 12.2 Å². The number of hydroxylamine groups is 1. The molecule has 10 nitrogen and oxygen atoms in total. The lowest BCUT2D eigenvalue weighted by Crippen LogP contribution is -2.60. The Bertz CT molecular complexity index is 792. The monoisotopic (exact) mass is 457 g/mol. The van der Waals surface area contributed by atoms with E-state index in [1.165, 1.54) is 15.9 Å². The summed E-state index contributed by atoms with van der Waals surface area (Å²) in [7, 11) is -3.95. The van der Waals surface area contributed by atoms with E-state index < -0.39 is 20.7 Å². The predicted molar refractivity (Wildman–Crippen MR) is 112 cm³/mol. The smallest absolute Gasteiger partial charge is 0.266 e. The van der Waals surface area contributed by atoms with Crippen molar-refractivity contribution in [1.29, 1.82) is 0 Å². The van der Waals surface area contributed by atoms with Crippen LogP contribution in [0, 0.1) is 5.92 Å². The molecule has 11 heteroatoms.